The number of hydrogen-bond donors (Lipinski definition) is 1. The lowest BCUT2D eigenvalue weighted by Crippen LogP contribution is -2.48. The Bertz CT molecular complexity index is 387. The summed E-state index contributed by atoms with van der Waals surface area (Å²) in [4.78, 5) is 2.65. The van der Waals surface area contributed by atoms with Gasteiger partial charge in [0.05, 0.1) is 0 Å². The van der Waals surface area contributed by atoms with Crippen LogP contribution < -0.4 is 5.73 Å². The normalized spacial score (nSPS) is 20.3. The average Bonchev–Trinajstić information content (AvgIpc) is 2.57. The standard InChI is InChI=1S/C19H32N2/c1-3-19(4-2)12-14-21(15-13-19)18(16-20)11-10-17-8-6-5-7-9-17/h5-9,18H,3-4,10-16,20H2,1-2H3. The molecule has 1 unspecified atom stereocenters. The van der Waals surface area contributed by atoms with Gasteiger partial charge >= 0.3 is 0 Å². The molecule has 0 radical (unpaired) electrons. The minimum atomic E-state index is 0.553. The molecule has 0 saturated carbocycles. The topological polar surface area (TPSA) is 29.3 Å². The summed E-state index contributed by atoms with van der Waals surface area (Å²) >= 11 is 0. The van der Waals surface area contributed by atoms with Gasteiger partial charge < -0.3 is 5.73 Å². The van der Waals surface area contributed by atoms with Crippen molar-refractivity contribution >= 4 is 0 Å². The number of piperidine rings is 1. The molecule has 1 aliphatic rings. The van der Waals surface area contributed by atoms with Crippen molar-refractivity contribution in [2.75, 3.05) is 19.6 Å². The molecule has 0 aliphatic carbocycles. The Labute approximate surface area is 130 Å². The molecule has 0 spiro atoms. The number of hydrogen-bond acceptors (Lipinski definition) is 2. The molecule has 2 N–H and O–H groups in total. The third-order valence-electron chi connectivity index (χ3n) is 5.76. The number of nitrogens with two attached hydrogens (primary N) is 1. The highest BCUT2D eigenvalue weighted by molar-refractivity contribution is 5.14. The van der Waals surface area contributed by atoms with Gasteiger partial charge in [0.2, 0.25) is 0 Å². The summed E-state index contributed by atoms with van der Waals surface area (Å²) < 4.78 is 0. The molecule has 0 bridgehead atoms. The minimum Gasteiger partial charge on any atom is -0.329 e. The van der Waals surface area contributed by atoms with Gasteiger partial charge in [-0.2, -0.15) is 0 Å². The van der Waals surface area contributed by atoms with E-state index in [1.165, 1.54) is 50.8 Å². The first-order valence-corrected chi connectivity index (χ1v) is 8.71. The first-order valence-electron chi connectivity index (χ1n) is 8.71. The SMILES string of the molecule is CCC1(CC)CCN(C(CN)CCc2ccccc2)CC1. The Morgan fingerprint density at radius 3 is 2.24 bits per heavy atom. The first kappa shape index (κ1) is 16.5. The summed E-state index contributed by atoms with van der Waals surface area (Å²) in [6.45, 7) is 7.97. The van der Waals surface area contributed by atoms with Gasteiger partial charge in [-0.1, -0.05) is 57.0 Å². The zero-order valence-corrected chi connectivity index (χ0v) is 13.9. The van der Waals surface area contributed by atoms with Gasteiger partial charge in [-0.3, -0.25) is 4.90 Å². The van der Waals surface area contributed by atoms with Crippen molar-refractivity contribution in [1.82, 2.24) is 4.90 Å². The lowest BCUT2D eigenvalue weighted by Gasteiger charge is -2.44. The maximum Gasteiger partial charge on any atom is 0.0221 e. The van der Waals surface area contributed by atoms with Crippen molar-refractivity contribution in [3.05, 3.63) is 35.9 Å². The van der Waals surface area contributed by atoms with Gasteiger partial charge in [0.1, 0.15) is 0 Å². The molecule has 1 atom stereocenters. The third kappa shape index (κ3) is 4.31. The van der Waals surface area contributed by atoms with Gasteiger partial charge in [0.15, 0.2) is 0 Å². The highest BCUT2D eigenvalue weighted by Crippen LogP contribution is 2.38. The van der Waals surface area contributed by atoms with E-state index in [4.69, 9.17) is 5.73 Å². The molecule has 1 aromatic carbocycles. The number of nitrogens with zero attached hydrogens (tertiary/aromatic N) is 1. The Balaban J connectivity index is 1.85. The Morgan fingerprint density at radius 1 is 1.10 bits per heavy atom. The van der Waals surface area contributed by atoms with E-state index in [1.54, 1.807) is 0 Å². The zero-order chi connectivity index (χ0) is 15.1. The van der Waals surface area contributed by atoms with Crippen LogP contribution in [0.5, 0.6) is 0 Å². The van der Waals surface area contributed by atoms with Crippen LogP contribution in [-0.2, 0) is 6.42 Å². The molecule has 2 heteroatoms. The quantitative estimate of drug-likeness (QED) is 0.826. The predicted molar refractivity (Wildman–Crippen MR) is 91.4 cm³/mol. The maximum absolute atomic E-state index is 6.06. The summed E-state index contributed by atoms with van der Waals surface area (Å²) in [6.07, 6.45) is 7.69. The summed E-state index contributed by atoms with van der Waals surface area (Å²) in [6, 6.07) is 11.3. The molecular weight excluding hydrogens is 256 g/mol. The van der Waals surface area contributed by atoms with E-state index in [-0.39, 0.29) is 0 Å². The van der Waals surface area contributed by atoms with Crippen molar-refractivity contribution in [2.24, 2.45) is 11.1 Å². The monoisotopic (exact) mass is 288 g/mol. The fraction of sp³-hybridized carbons (Fsp3) is 0.684. The number of benzene rings is 1. The third-order valence-corrected chi connectivity index (χ3v) is 5.76. The molecule has 1 saturated heterocycles. The highest BCUT2D eigenvalue weighted by Gasteiger charge is 2.33. The molecule has 1 heterocycles. The first-order chi connectivity index (χ1) is 10.2. The summed E-state index contributed by atoms with van der Waals surface area (Å²) in [5.74, 6) is 0. The fourth-order valence-electron chi connectivity index (χ4n) is 3.75. The van der Waals surface area contributed by atoms with E-state index in [2.05, 4.69) is 49.1 Å². The van der Waals surface area contributed by atoms with E-state index in [1.807, 2.05) is 0 Å². The largest absolute Gasteiger partial charge is 0.329 e. The maximum atomic E-state index is 6.06. The van der Waals surface area contributed by atoms with Crippen LogP contribution in [0.3, 0.4) is 0 Å². The molecule has 2 rings (SSSR count). The highest BCUT2D eigenvalue weighted by atomic mass is 15.2. The van der Waals surface area contributed by atoms with E-state index in [9.17, 15) is 0 Å². The molecular formula is C19H32N2. The van der Waals surface area contributed by atoms with E-state index in [0.717, 1.165) is 13.0 Å². The Morgan fingerprint density at radius 2 is 1.71 bits per heavy atom. The van der Waals surface area contributed by atoms with Gasteiger partial charge in [-0.25, -0.2) is 0 Å². The van der Waals surface area contributed by atoms with Crippen molar-refractivity contribution in [3.8, 4) is 0 Å². The second kappa shape index (κ2) is 7.95. The van der Waals surface area contributed by atoms with Gasteiger partial charge in [0, 0.05) is 12.6 Å². The number of aryl methyl sites for hydroxylation is 1. The lowest BCUT2D eigenvalue weighted by atomic mass is 9.74. The van der Waals surface area contributed by atoms with Crippen molar-refractivity contribution in [2.45, 2.75) is 58.4 Å². The lowest BCUT2D eigenvalue weighted by molar-refractivity contribution is 0.0656. The van der Waals surface area contributed by atoms with Crippen LogP contribution in [0.4, 0.5) is 0 Å². The molecule has 118 valence electrons. The molecule has 2 nitrogen and oxygen atoms in total. The smallest absolute Gasteiger partial charge is 0.0221 e. The van der Waals surface area contributed by atoms with Crippen LogP contribution in [0.1, 0.15) is 51.5 Å². The molecule has 0 amide bonds. The second-order valence-electron chi connectivity index (χ2n) is 6.66. The van der Waals surface area contributed by atoms with Crippen LogP contribution in [-0.4, -0.2) is 30.6 Å². The van der Waals surface area contributed by atoms with E-state index >= 15 is 0 Å². The van der Waals surface area contributed by atoms with E-state index < -0.39 is 0 Å². The zero-order valence-electron chi connectivity index (χ0n) is 13.9. The van der Waals surface area contributed by atoms with Crippen molar-refractivity contribution in [3.63, 3.8) is 0 Å². The molecule has 1 aromatic rings. The molecule has 0 aromatic heterocycles. The van der Waals surface area contributed by atoms with Crippen LogP contribution in [0.2, 0.25) is 0 Å². The minimum absolute atomic E-state index is 0.553. The molecule has 1 aliphatic heterocycles. The van der Waals surface area contributed by atoms with Crippen molar-refractivity contribution < 1.29 is 0 Å². The summed E-state index contributed by atoms with van der Waals surface area (Å²) in [5, 5.41) is 0. The van der Waals surface area contributed by atoms with E-state index in [0.29, 0.717) is 11.5 Å². The predicted octanol–water partition coefficient (Wildman–Crippen LogP) is 3.85. The van der Waals surface area contributed by atoms with Crippen LogP contribution in [0, 0.1) is 5.41 Å². The Hall–Kier alpha value is -0.860. The molecule has 1 fully saturated rings. The average molecular weight is 288 g/mol. The Kier molecular flexibility index (Phi) is 6.25. The van der Waals surface area contributed by atoms with Crippen LogP contribution in [0.25, 0.3) is 0 Å². The number of rotatable bonds is 7. The summed E-state index contributed by atoms with van der Waals surface area (Å²) in [5.41, 5.74) is 8.10. The molecule has 21 heavy (non-hydrogen) atoms. The second-order valence-corrected chi connectivity index (χ2v) is 6.66. The van der Waals surface area contributed by atoms with Crippen molar-refractivity contribution in [1.29, 1.82) is 0 Å². The van der Waals surface area contributed by atoms with Gasteiger partial charge in [-0.15, -0.1) is 0 Å². The summed E-state index contributed by atoms with van der Waals surface area (Å²) in [7, 11) is 0. The fourth-order valence-corrected chi connectivity index (χ4v) is 3.75. The van der Waals surface area contributed by atoms with Gasteiger partial charge in [-0.05, 0) is 49.8 Å². The van der Waals surface area contributed by atoms with Crippen LogP contribution in [0.15, 0.2) is 30.3 Å². The van der Waals surface area contributed by atoms with Crippen LogP contribution >= 0.6 is 0 Å². The van der Waals surface area contributed by atoms with Gasteiger partial charge in [0.25, 0.3) is 0 Å². The number of likely N-dealkylation sites (tertiary alicyclic amines) is 1.